The maximum atomic E-state index is 5.37. The van der Waals surface area contributed by atoms with Crippen molar-refractivity contribution in [3.63, 3.8) is 0 Å². The van der Waals surface area contributed by atoms with Crippen LogP contribution in [0.2, 0.25) is 0 Å². The smallest absolute Gasteiger partial charge is 0.148 e. The number of hydrazine groups is 1. The summed E-state index contributed by atoms with van der Waals surface area (Å²) in [6.07, 6.45) is 4.17. The maximum absolute atomic E-state index is 5.37. The molecule has 1 fully saturated rings. The number of anilines is 2. The number of nitrogens with one attached hydrogen (secondary N) is 2. The fourth-order valence-electron chi connectivity index (χ4n) is 2.11. The lowest BCUT2D eigenvalue weighted by Crippen LogP contribution is -2.26. The van der Waals surface area contributed by atoms with Crippen molar-refractivity contribution < 1.29 is 0 Å². The maximum Gasteiger partial charge on any atom is 0.148 e. The van der Waals surface area contributed by atoms with E-state index in [1.807, 2.05) is 6.92 Å². The summed E-state index contributed by atoms with van der Waals surface area (Å²) in [5, 5.41) is 3.33. The monoisotopic (exact) mass is 236 g/mol. The van der Waals surface area contributed by atoms with E-state index in [1.165, 1.54) is 32.3 Å². The second-order valence-electron chi connectivity index (χ2n) is 4.32. The predicted octanol–water partition coefficient (Wildman–Crippen LogP) is 0.578. The van der Waals surface area contributed by atoms with Crippen molar-refractivity contribution in [2.75, 3.05) is 36.9 Å². The standard InChI is InChI=1S/C11H20N6/c1-9-10(14-8-15-11(9)16-12)13-4-7-17-5-2-3-6-17/h8H,2-7,12H2,1H3,(H2,13,14,15,16). The van der Waals surface area contributed by atoms with E-state index in [-0.39, 0.29) is 0 Å². The molecule has 6 nitrogen and oxygen atoms in total. The van der Waals surface area contributed by atoms with Crippen molar-refractivity contribution in [1.29, 1.82) is 0 Å². The van der Waals surface area contributed by atoms with Gasteiger partial charge in [0.2, 0.25) is 0 Å². The summed E-state index contributed by atoms with van der Waals surface area (Å²) in [5.41, 5.74) is 3.52. The molecule has 0 spiro atoms. The Morgan fingerprint density at radius 2 is 2.00 bits per heavy atom. The van der Waals surface area contributed by atoms with Crippen molar-refractivity contribution in [2.24, 2.45) is 5.84 Å². The van der Waals surface area contributed by atoms with Gasteiger partial charge in [-0.1, -0.05) is 0 Å². The number of rotatable bonds is 5. The van der Waals surface area contributed by atoms with Crippen molar-refractivity contribution in [2.45, 2.75) is 19.8 Å². The van der Waals surface area contributed by atoms with E-state index in [4.69, 9.17) is 5.84 Å². The second kappa shape index (κ2) is 5.79. The Hall–Kier alpha value is -1.40. The zero-order valence-corrected chi connectivity index (χ0v) is 10.2. The van der Waals surface area contributed by atoms with Crippen LogP contribution in [0, 0.1) is 6.92 Å². The van der Waals surface area contributed by atoms with Gasteiger partial charge in [-0.05, 0) is 32.9 Å². The van der Waals surface area contributed by atoms with Gasteiger partial charge in [0.15, 0.2) is 0 Å². The molecule has 17 heavy (non-hydrogen) atoms. The van der Waals surface area contributed by atoms with Crippen molar-refractivity contribution in [3.8, 4) is 0 Å². The Morgan fingerprint density at radius 1 is 1.29 bits per heavy atom. The third-order valence-electron chi connectivity index (χ3n) is 3.14. The minimum Gasteiger partial charge on any atom is -0.368 e. The Morgan fingerprint density at radius 3 is 2.71 bits per heavy atom. The van der Waals surface area contributed by atoms with Crippen LogP contribution in [-0.4, -0.2) is 41.0 Å². The Kier molecular flexibility index (Phi) is 4.11. The average Bonchev–Trinajstić information content (AvgIpc) is 2.84. The van der Waals surface area contributed by atoms with Crippen LogP contribution in [0.15, 0.2) is 6.33 Å². The summed E-state index contributed by atoms with van der Waals surface area (Å²) in [6.45, 7) is 6.37. The Bertz CT molecular complexity index is 361. The molecular formula is C11H20N6. The van der Waals surface area contributed by atoms with Crippen LogP contribution in [0.4, 0.5) is 11.6 Å². The van der Waals surface area contributed by atoms with Crippen LogP contribution in [0.1, 0.15) is 18.4 Å². The highest BCUT2D eigenvalue weighted by atomic mass is 15.3. The molecule has 94 valence electrons. The SMILES string of the molecule is Cc1c(NN)ncnc1NCCN1CCCC1. The highest BCUT2D eigenvalue weighted by Crippen LogP contribution is 2.16. The van der Waals surface area contributed by atoms with Gasteiger partial charge in [-0.25, -0.2) is 15.8 Å². The number of nitrogen functional groups attached to an aromatic ring is 1. The van der Waals surface area contributed by atoms with E-state index < -0.39 is 0 Å². The lowest BCUT2D eigenvalue weighted by atomic mass is 10.3. The van der Waals surface area contributed by atoms with Gasteiger partial charge in [0.25, 0.3) is 0 Å². The summed E-state index contributed by atoms with van der Waals surface area (Å²) in [7, 11) is 0. The zero-order valence-electron chi connectivity index (χ0n) is 10.2. The Balaban J connectivity index is 1.85. The molecular weight excluding hydrogens is 216 g/mol. The van der Waals surface area contributed by atoms with E-state index in [0.29, 0.717) is 5.82 Å². The van der Waals surface area contributed by atoms with Gasteiger partial charge in [-0.3, -0.25) is 0 Å². The number of aromatic nitrogens is 2. The third-order valence-corrected chi connectivity index (χ3v) is 3.14. The fourth-order valence-corrected chi connectivity index (χ4v) is 2.11. The lowest BCUT2D eigenvalue weighted by molar-refractivity contribution is 0.352. The number of nitrogens with zero attached hydrogens (tertiary/aromatic N) is 3. The van der Waals surface area contributed by atoms with Crippen molar-refractivity contribution in [1.82, 2.24) is 14.9 Å². The van der Waals surface area contributed by atoms with E-state index in [0.717, 1.165) is 24.5 Å². The minimum atomic E-state index is 0.670. The fraction of sp³-hybridized carbons (Fsp3) is 0.636. The topological polar surface area (TPSA) is 79.1 Å². The van der Waals surface area contributed by atoms with Crippen LogP contribution in [-0.2, 0) is 0 Å². The Labute approximate surface area is 102 Å². The second-order valence-corrected chi connectivity index (χ2v) is 4.32. The molecule has 0 unspecified atom stereocenters. The molecule has 1 aromatic heterocycles. The van der Waals surface area contributed by atoms with Gasteiger partial charge >= 0.3 is 0 Å². The highest BCUT2D eigenvalue weighted by Gasteiger charge is 2.11. The predicted molar refractivity (Wildman–Crippen MR) is 68.7 cm³/mol. The third kappa shape index (κ3) is 3.04. The first-order chi connectivity index (χ1) is 8.31. The molecule has 4 N–H and O–H groups in total. The first kappa shape index (κ1) is 12.1. The van der Waals surface area contributed by atoms with Gasteiger partial charge in [0, 0.05) is 18.7 Å². The summed E-state index contributed by atoms with van der Waals surface area (Å²) in [6, 6.07) is 0. The molecule has 2 heterocycles. The summed E-state index contributed by atoms with van der Waals surface area (Å²) in [5.74, 6) is 6.90. The van der Waals surface area contributed by atoms with Crippen LogP contribution in [0.3, 0.4) is 0 Å². The average molecular weight is 236 g/mol. The first-order valence-electron chi connectivity index (χ1n) is 6.05. The lowest BCUT2D eigenvalue weighted by Gasteiger charge is -2.16. The van der Waals surface area contributed by atoms with Crippen molar-refractivity contribution >= 4 is 11.6 Å². The molecule has 0 amide bonds. The first-order valence-corrected chi connectivity index (χ1v) is 6.05. The van der Waals surface area contributed by atoms with Crippen LogP contribution < -0.4 is 16.6 Å². The van der Waals surface area contributed by atoms with E-state index in [9.17, 15) is 0 Å². The summed E-state index contributed by atoms with van der Waals surface area (Å²) < 4.78 is 0. The molecule has 0 atom stereocenters. The number of likely N-dealkylation sites (tertiary alicyclic amines) is 1. The molecule has 0 aromatic carbocycles. The minimum absolute atomic E-state index is 0.670. The van der Waals surface area contributed by atoms with E-state index in [2.05, 4.69) is 25.6 Å². The van der Waals surface area contributed by atoms with Gasteiger partial charge in [-0.2, -0.15) is 0 Å². The molecule has 0 bridgehead atoms. The zero-order chi connectivity index (χ0) is 12.1. The molecule has 1 aromatic rings. The van der Waals surface area contributed by atoms with Gasteiger partial charge < -0.3 is 15.6 Å². The largest absolute Gasteiger partial charge is 0.368 e. The highest BCUT2D eigenvalue weighted by molar-refractivity contribution is 5.55. The van der Waals surface area contributed by atoms with E-state index in [1.54, 1.807) is 0 Å². The van der Waals surface area contributed by atoms with Crippen LogP contribution in [0.5, 0.6) is 0 Å². The number of nitrogens with two attached hydrogens (primary N) is 1. The molecule has 0 saturated carbocycles. The number of hydrogen-bond donors (Lipinski definition) is 3. The van der Waals surface area contributed by atoms with Crippen LogP contribution in [0.25, 0.3) is 0 Å². The van der Waals surface area contributed by atoms with Crippen LogP contribution >= 0.6 is 0 Å². The quantitative estimate of drug-likeness (QED) is 0.512. The molecule has 0 radical (unpaired) electrons. The molecule has 6 heteroatoms. The molecule has 0 aliphatic carbocycles. The van der Waals surface area contributed by atoms with Gasteiger partial charge in [0.05, 0.1) is 0 Å². The molecule has 1 aliphatic rings. The van der Waals surface area contributed by atoms with Crippen molar-refractivity contribution in [3.05, 3.63) is 11.9 Å². The number of hydrogen-bond acceptors (Lipinski definition) is 6. The molecule has 1 saturated heterocycles. The van der Waals surface area contributed by atoms with Gasteiger partial charge in [-0.15, -0.1) is 0 Å². The molecule has 1 aliphatic heterocycles. The van der Waals surface area contributed by atoms with E-state index >= 15 is 0 Å². The normalized spacial score (nSPS) is 16.1. The van der Waals surface area contributed by atoms with Gasteiger partial charge in [0.1, 0.15) is 18.0 Å². The summed E-state index contributed by atoms with van der Waals surface area (Å²) in [4.78, 5) is 10.7. The molecule has 2 rings (SSSR count). The summed E-state index contributed by atoms with van der Waals surface area (Å²) >= 11 is 0.